The molecule has 0 aromatic rings. The third-order valence-electron chi connectivity index (χ3n) is 9.12. The predicted octanol–water partition coefficient (Wildman–Crippen LogP) is 11.3. The van der Waals surface area contributed by atoms with Crippen LogP contribution >= 0.6 is 0 Å². The van der Waals surface area contributed by atoms with Crippen molar-refractivity contribution in [3.8, 4) is 0 Å². The first-order valence-corrected chi connectivity index (χ1v) is 17.6. The van der Waals surface area contributed by atoms with E-state index in [0.29, 0.717) is 12.0 Å². The summed E-state index contributed by atoms with van der Waals surface area (Å²) in [5, 5.41) is 10.1. The van der Waals surface area contributed by atoms with Gasteiger partial charge in [-0.15, -0.1) is 0 Å². The van der Waals surface area contributed by atoms with E-state index in [1.54, 1.807) is 20.8 Å². The number of hydrogen-bond acceptors (Lipinski definition) is 4. The van der Waals surface area contributed by atoms with Crippen LogP contribution in [0.1, 0.15) is 109 Å². The number of hydrogen-bond donors (Lipinski definition) is 1. The van der Waals surface area contributed by atoms with E-state index in [-0.39, 0.29) is 28.7 Å². The molecule has 0 aromatic heterocycles. The Bertz CT molecular complexity index is 1580. The first kappa shape index (κ1) is 41.4. The van der Waals surface area contributed by atoms with Gasteiger partial charge in [0.25, 0.3) is 0 Å². The highest BCUT2D eigenvalue weighted by molar-refractivity contribution is 6.01. The van der Waals surface area contributed by atoms with Gasteiger partial charge in [0.1, 0.15) is 0 Å². The Hall–Kier alpha value is -3.76. The van der Waals surface area contributed by atoms with Crippen LogP contribution in [0.15, 0.2) is 130 Å². The zero-order valence-electron chi connectivity index (χ0n) is 32.5. The molecule has 4 nitrogen and oxygen atoms in total. The zero-order valence-corrected chi connectivity index (χ0v) is 32.5. The van der Waals surface area contributed by atoms with Crippen molar-refractivity contribution in [1.29, 1.82) is 0 Å². The van der Waals surface area contributed by atoms with Crippen LogP contribution in [-0.4, -0.2) is 29.1 Å². The molecule has 266 valence electrons. The molecule has 2 atom stereocenters. The lowest BCUT2D eigenvalue weighted by Gasteiger charge is -2.37. The number of ketones is 1. The van der Waals surface area contributed by atoms with E-state index in [1.165, 1.54) is 16.7 Å². The molecule has 2 aliphatic carbocycles. The lowest BCUT2D eigenvalue weighted by Crippen LogP contribution is -2.41. The number of rotatable bonds is 11. The second kappa shape index (κ2) is 17.8. The van der Waals surface area contributed by atoms with E-state index in [0.717, 1.165) is 35.1 Å². The number of esters is 1. The van der Waals surface area contributed by atoms with Crippen LogP contribution in [0, 0.1) is 16.2 Å². The monoisotopic (exact) mass is 666 g/mol. The first-order chi connectivity index (χ1) is 22.6. The van der Waals surface area contributed by atoms with Gasteiger partial charge in [-0.1, -0.05) is 141 Å². The van der Waals surface area contributed by atoms with E-state index in [9.17, 15) is 14.7 Å². The predicted molar refractivity (Wildman–Crippen MR) is 208 cm³/mol. The van der Waals surface area contributed by atoms with Crippen molar-refractivity contribution in [1.82, 2.24) is 0 Å². The van der Waals surface area contributed by atoms with Gasteiger partial charge in [-0.3, -0.25) is 9.59 Å². The largest absolute Gasteiger partial charge is 0.454 e. The summed E-state index contributed by atoms with van der Waals surface area (Å²) in [4.78, 5) is 25.5. The summed E-state index contributed by atoms with van der Waals surface area (Å²) < 4.78 is 5.63. The summed E-state index contributed by atoms with van der Waals surface area (Å²) >= 11 is 0. The fourth-order valence-electron chi connectivity index (χ4n) is 6.25. The Labute approximate surface area is 297 Å². The first-order valence-electron chi connectivity index (χ1n) is 17.6. The van der Waals surface area contributed by atoms with Crippen LogP contribution in [-0.2, 0) is 14.3 Å². The van der Waals surface area contributed by atoms with Crippen LogP contribution in [0.3, 0.4) is 0 Å². The fraction of sp³-hybridized carbons (Fsp3) is 0.467. The Kier molecular flexibility index (Phi) is 15.0. The number of ether oxygens (including phenoxy) is 1. The third kappa shape index (κ3) is 13.2. The van der Waals surface area contributed by atoms with Crippen molar-refractivity contribution in [2.75, 3.05) is 0 Å². The Morgan fingerprint density at radius 2 is 1.14 bits per heavy atom. The summed E-state index contributed by atoms with van der Waals surface area (Å²) in [5.41, 5.74) is 7.82. The molecule has 0 bridgehead atoms. The van der Waals surface area contributed by atoms with Crippen LogP contribution in [0.2, 0.25) is 0 Å². The van der Waals surface area contributed by atoms with Crippen molar-refractivity contribution in [2.24, 2.45) is 16.2 Å². The number of aliphatic hydroxyl groups is 1. The van der Waals surface area contributed by atoms with Crippen molar-refractivity contribution in [3.63, 3.8) is 0 Å². The standard InChI is InChI=1S/C45H62O4/c1-31(20-16-22-33(3)24-26-38-35(5)28-37(46)29-44(38,10)11)18-14-15-19-32(2)21-17-23-34(4)25-27-39-36(6)41(47)40(30-45(39,12)13)49-42(48)43(7,8)9/h14-27,37,40,46H,28-30H2,1-13H3/b15-14+,20-16+,21-17+,26-24+,27-25+,31-18+,32-19+,33-22+,34-23+. The van der Waals surface area contributed by atoms with Crippen molar-refractivity contribution < 1.29 is 19.4 Å². The van der Waals surface area contributed by atoms with Gasteiger partial charge in [0, 0.05) is 6.42 Å². The maximum absolute atomic E-state index is 13.1. The molecule has 0 saturated heterocycles. The smallest absolute Gasteiger partial charge is 0.311 e. The summed E-state index contributed by atoms with van der Waals surface area (Å²) in [6, 6.07) is 0. The van der Waals surface area contributed by atoms with Crippen LogP contribution < -0.4 is 0 Å². The second-order valence-corrected chi connectivity index (χ2v) is 16.2. The lowest BCUT2D eigenvalue weighted by atomic mass is 9.71. The molecule has 0 aromatic carbocycles. The molecule has 0 aliphatic heterocycles. The molecule has 0 heterocycles. The molecule has 0 saturated carbocycles. The van der Waals surface area contributed by atoms with Crippen LogP contribution in [0.25, 0.3) is 0 Å². The van der Waals surface area contributed by atoms with E-state index in [1.807, 2.05) is 44.2 Å². The molecular formula is C45H62O4. The van der Waals surface area contributed by atoms with Crippen molar-refractivity contribution in [3.05, 3.63) is 130 Å². The molecule has 49 heavy (non-hydrogen) atoms. The van der Waals surface area contributed by atoms with E-state index >= 15 is 0 Å². The molecule has 0 amide bonds. The zero-order chi connectivity index (χ0) is 37.2. The van der Waals surface area contributed by atoms with Gasteiger partial charge in [0.15, 0.2) is 11.9 Å². The molecule has 1 N–H and O–H groups in total. The number of aliphatic hydroxyl groups excluding tert-OH is 1. The molecule has 0 fully saturated rings. The highest BCUT2D eigenvalue weighted by atomic mass is 16.5. The van der Waals surface area contributed by atoms with E-state index in [4.69, 9.17) is 4.74 Å². The molecule has 4 heteroatoms. The fourth-order valence-corrected chi connectivity index (χ4v) is 6.25. The molecule has 2 aliphatic rings. The van der Waals surface area contributed by atoms with Gasteiger partial charge < -0.3 is 9.84 Å². The van der Waals surface area contributed by atoms with Gasteiger partial charge in [0.2, 0.25) is 0 Å². The highest BCUT2D eigenvalue weighted by Crippen LogP contribution is 2.42. The SMILES string of the molecule is CC1=C(/C=C/C(C)=C/C=C/C(C)=C/C=C/C=C(C)/C=C/C=C(C)/C=C/C2=C(C)C(=O)C(OC(=O)C(C)(C)C)CC2(C)C)C(C)(C)CC(O)C1. The lowest BCUT2D eigenvalue weighted by molar-refractivity contribution is -0.164. The number of Topliss-reactive ketones (excluding diaryl/α,β-unsaturated/α-hetero) is 1. The normalized spacial score (nSPS) is 23.4. The quantitative estimate of drug-likeness (QED) is 0.176. The van der Waals surface area contributed by atoms with Gasteiger partial charge in [-0.2, -0.15) is 0 Å². The second-order valence-electron chi connectivity index (χ2n) is 16.2. The minimum absolute atomic E-state index is 0.0122. The summed E-state index contributed by atoms with van der Waals surface area (Å²) in [5.74, 6) is -0.463. The van der Waals surface area contributed by atoms with Gasteiger partial charge in [-0.25, -0.2) is 0 Å². The van der Waals surface area contributed by atoms with Crippen molar-refractivity contribution >= 4 is 11.8 Å². The van der Waals surface area contributed by atoms with E-state index in [2.05, 4.69) is 110 Å². The Balaban J connectivity index is 1.97. The number of carbonyl (C=O) groups excluding carboxylic acids is 2. The summed E-state index contributed by atoms with van der Waals surface area (Å²) in [6.45, 7) is 26.3. The average molecular weight is 667 g/mol. The minimum Gasteiger partial charge on any atom is -0.454 e. The number of allylic oxidation sites excluding steroid dienone is 20. The molecule has 0 spiro atoms. The van der Waals surface area contributed by atoms with Gasteiger partial charge in [0.05, 0.1) is 11.5 Å². The van der Waals surface area contributed by atoms with Gasteiger partial charge in [-0.05, 0) is 103 Å². The average Bonchev–Trinajstić information content (AvgIpc) is 2.96. The Morgan fingerprint density at radius 1 is 0.714 bits per heavy atom. The summed E-state index contributed by atoms with van der Waals surface area (Å²) in [7, 11) is 0. The molecule has 2 rings (SSSR count). The maximum atomic E-state index is 13.1. The van der Waals surface area contributed by atoms with Gasteiger partial charge >= 0.3 is 5.97 Å². The number of carbonyl (C=O) groups is 2. The Morgan fingerprint density at radius 3 is 1.61 bits per heavy atom. The van der Waals surface area contributed by atoms with E-state index < -0.39 is 11.5 Å². The molecule has 0 radical (unpaired) electrons. The molecule has 2 unspecified atom stereocenters. The highest BCUT2D eigenvalue weighted by Gasteiger charge is 2.41. The van der Waals surface area contributed by atoms with Crippen LogP contribution in [0.5, 0.6) is 0 Å². The topological polar surface area (TPSA) is 63.6 Å². The van der Waals surface area contributed by atoms with Crippen LogP contribution in [0.4, 0.5) is 0 Å². The minimum atomic E-state index is -0.739. The maximum Gasteiger partial charge on any atom is 0.311 e. The summed E-state index contributed by atoms with van der Waals surface area (Å²) in [6.07, 6.45) is 30.2. The third-order valence-corrected chi connectivity index (χ3v) is 9.12. The van der Waals surface area contributed by atoms with Crippen molar-refractivity contribution in [2.45, 2.75) is 121 Å². The molecular weight excluding hydrogens is 604 g/mol.